The van der Waals surface area contributed by atoms with Crippen LogP contribution in [0.4, 0.5) is 0 Å². The van der Waals surface area contributed by atoms with Crippen LogP contribution >= 0.6 is 24.8 Å². The minimum Gasteiger partial charge on any atom is -0.355 e. The molecule has 0 unspecified atom stereocenters. The summed E-state index contributed by atoms with van der Waals surface area (Å²) < 4.78 is 2.75. The van der Waals surface area contributed by atoms with E-state index in [9.17, 15) is 14.4 Å². The lowest BCUT2D eigenvalue weighted by atomic mass is 10.1. The van der Waals surface area contributed by atoms with Crippen molar-refractivity contribution >= 4 is 41.9 Å². The topological polar surface area (TPSA) is 98.0 Å². The normalized spacial score (nSPS) is 14.5. The van der Waals surface area contributed by atoms with Crippen LogP contribution in [0.25, 0.3) is 11.2 Å². The third-order valence-corrected chi connectivity index (χ3v) is 4.31. The van der Waals surface area contributed by atoms with Crippen molar-refractivity contribution in [2.45, 2.75) is 18.9 Å². The van der Waals surface area contributed by atoms with Crippen LogP contribution in [0.1, 0.15) is 29.2 Å². The highest BCUT2D eigenvalue weighted by molar-refractivity contribution is 5.96. The van der Waals surface area contributed by atoms with Gasteiger partial charge in [0.15, 0.2) is 5.65 Å². The zero-order valence-electron chi connectivity index (χ0n) is 13.9. The number of halogens is 2. The number of fused-ring (bicyclic) bond motifs is 1. The number of nitrogens with one attached hydrogen (secondary N) is 2. The lowest BCUT2D eigenvalue weighted by Gasteiger charge is -2.25. The molecule has 1 fully saturated rings. The molecule has 2 aromatic rings. The van der Waals surface area contributed by atoms with Crippen LogP contribution in [0.5, 0.6) is 0 Å². The number of amides is 1. The van der Waals surface area contributed by atoms with E-state index in [2.05, 4.69) is 15.6 Å². The number of hydrogen-bond donors (Lipinski definition) is 2. The van der Waals surface area contributed by atoms with E-state index in [1.165, 1.54) is 29.4 Å². The van der Waals surface area contributed by atoms with Crippen molar-refractivity contribution in [3.8, 4) is 0 Å². The second-order valence-corrected chi connectivity index (χ2v) is 5.67. The van der Waals surface area contributed by atoms with E-state index in [1.54, 1.807) is 6.07 Å². The predicted octanol–water partition coefficient (Wildman–Crippen LogP) is 0.223. The molecule has 0 aliphatic carbocycles. The van der Waals surface area contributed by atoms with E-state index in [1.807, 2.05) is 0 Å². The maximum absolute atomic E-state index is 12.5. The molecule has 10 heteroatoms. The van der Waals surface area contributed by atoms with Gasteiger partial charge in [0.2, 0.25) is 0 Å². The van der Waals surface area contributed by atoms with Crippen LogP contribution in [0.2, 0.25) is 0 Å². The van der Waals surface area contributed by atoms with E-state index < -0.39 is 11.1 Å². The molecule has 0 radical (unpaired) electrons. The SMILES string of the molecule is CNC(=O)c1cnc2c(c1)n(C)c(=O)c(=O)n2C1CCNCC1.Cl.Cl. The number of aryl methyl sites for hydroxylation is 1. The van der Waals surface area contributed by atoms with Crippen LogP contribution < -0.4 is 21.8 Å². The van der Waals surface area contributed by atoms with Crippen LogP contribution in [0.15, 0.2) is 21.9 Å². The number of carbonyl (C=O) groups is 1. The largest absolute Gasteiger partial charge is 0.355 e. The fourth-order valence-electron chi connectivity index (χ4n) is 3.00. The van der Waals surface area contributed by atoms with Gasteiger partial charge in [0, 0.05) is 26.3 Å². The fraction of sp³-hybridized carbons (Fsp3) is 0.467. The number of nitrogens with zero attached hydrogens (tertiary/aromatic N) is 3. The van der Waals surface area contributed by atoms with E-state index in [-0.39, 0.29) is 36.8 Å². The zero-order valence-corrected chi connectivity index (χ0v) is 15.6. The first-order valence-electron chi connectivity index (χ1n) is 7.58. The Bertz CT molecular complexity index is 887. The monoisotopic (exact) mass is 389 g/mol. The Kier molecular flexibility index (Phi) is 7.16. The van der Waals surface area contributed by atoms with Gasteiger partial charge in [-0.3, -0.25) is 19.0 Å². The van der Waals surface area contributed by atoms with Crippen molar-refractivity contribution in [1.82, 2.24) is 24.8 Å². The summed E-state index contributed by atoms with van der Waals surface area (Å²) in [5, 5.41) is 5.76. The molecule has 8 nitrogen and oxygen atoms in total. The average Bonchev–Trinajstić information content (AvgIpc) is 2.60. The van der Waals surface area contributed by atoms with E-state index in [0.29, 0.717) is 16.7 Å². The van der Waals surface area contributed by atoms with Gasteiger partial charge < -0.3 is 15.2 Å². The first kappa shape index (κ1) is 21.1. The molecule has 2 aromatic heterocycles. The number of rotatable bonds is 2. The molecule has 2 N–H and O–H groups in total. The Labute approximate surface area is 156 Å². The van der Waals surface area contributed by atoms with Crippen molar-refractivity contribution < 1.29 is 4.79 Å². The Morgan fingerprint density at radius 2 is 1.88 bits per heavy atom. The molecular formula is C15H21Cl2N5O3. The van der Waals surface area contributed by atoms with Crippen LogP contribution in [-0.4, -0.2) is 40.2 Å². The van der Waals surface area contributed by atoms with E-state index in [0.717, 1.165) is 25.9 Å². The third-order valence-electron chi connectivity index (χ3n) is 4.31. The van der Waals surface area contributed by atoms with E-state index >= 15 is 0 Å². The van der Waals surface area contributed by atoms with Gasteiger partial charge in [0.05, 0.1) is 11.1 Å². The molecule has 0 spiro atoms. The number of aromatic nitrogens is 3. The van der Waals surface area contributed by atoms with Gasteiger partial charge in [-0.25, -0.2) is 4.98 Å². The molecule has 3 heterocycles. The lowest BCUT2D eigenvalue weighted by molar-refractivity contribution is 0.0963. The Morgan fingerprint density at radius 1 is 1.24 bits per heavy atom. The van der Waals surface area contributed by atoms with Crippen LogP contribution in [0.3, 0.4) is 0 Å². The minimum atomic E-state index is -0.605. The minimum absolute atomic E-state index is 0. The highest BCUT2D eigenvalue weighted by Gasteiger charge is 2.22. The molecule has 0 aromatic carbocycles. The molecule has 0 bridgehead atoms. The quantitative estimate of drug-likeness (QED) is 0.716. The maximum atomic E-state index is 12.5. The van der Waals surface area contributed by atoms with Gasteiger partial charge in [-0.05, 0) is 32.0 Å². The first-order chi connectivity index (χ1) is 11.0. The molecule has 1 saturated heterocycles. The van der Waals surface area contributed by atoms with Gasteiger partial charge in [-0.15, -0.1) is 24.8 Å². The smallest absolute Gasteiger partial charge is 0.318 e. The fourth-order valence-corrected chi connectivity index (χ4v) is 3.00. The number of pyridine rings is 1. The molecular weight excluding hydrogens is 369 g/mol. The summed E-state index contributed by atoms with van der Waals surface area (Å²) in [5.41, 5.74) is 0.107. The van der Waals surface area contributed by atoms with Crippen LogP contribution in [-0.2, 0) is 7.05 Å². The van der Waals surface area contributed by atoms with Crippen molar-refractivity contribution in [3.05, 3.63) is 38.5 Å². The van der Waals surface area contributed by atoms with Crippen LogP contribution in [0, 0.1) is 0 Å². The summed E-state index contributed by atoms with van der Waals surface area (Å²) in [5.74, 6) is -0.286. The molecule has 0 saturated carbocycles. The summed E-state index contributed by atoms with van der Waals surface area (Å²) in [7, 11) is 3.05. The number of piperidine rings is 1. The van der Waals surface area contributed by atoms with Crippen molar-refractivity contribution in [1.29, 1.82) is 0 Å². The lowest BCUT2D eigenvalue weighted by Crippen LogP contribution is -2.44. The molecule has 1 aliphatic heterocycles. The summed E-state index contributed by atoms with van der Waals surface area (Å²) >= 11 is 0. The Balaban J connectivity index is 0.00000156. The van der Waals surface area contributed by atoms with Gasteiger partial charge in [0.25, 0.3) is 5.91 Å². The Hall–Kier alpha value is -1.90. The highest BCUT2D eigenvalue weighted by atomic mass is 35.5. The second-order valence-electron chi connectivity index (χ2n) is 5.67. The Morgan fingerprint density at radius 3 is 2.48 bits per heavy atom. The van der Waals surface area contributed by atoms with Crippen molar-refractivity contribution in [2.75, 3.05) is 20.1 Å². The van der Waals surface area contributed by atoms with Gasteiger partial charge in [0.1, 0.15) is 0 Å². The number of hydrogen-bond acceptors (Lipinski definition) is 5. The zero-order chi connectivity index (χ0) is 16.6. The molecule has 1 amide bonds. The molecule has 3 rings (SSSR count). The maximum Gasteiger partial charge on any atom is 0.318 e. The molecule has 0 atom stereocenters. The highest BCUT2D eigenvalue weighted by Crippen LogP contribution is 2.20. The second kappa shape index (κ2) is 8.46. The third kappa shape index (κ3) is 3.70. The summed E-state index contributed by atoms with van der Waals surface area (Å²) in [6.45, 7) is 1.59. The van der Waals surface area contributed by atoms with Gasteiger partial charge in [-0.1, -0.05) is 0 Å². The van der Waals surface area contributed by atoms with Gasteiger partial charge in [-0.2, -0.15) is 0 Å². The first-order valence-corrected chi connectivity index (χ1v) is 7.58. The van der Waals surface area contributed by atoms with Crippen molar-refractivity contribution in [3.63, 3.8) is 0 Å². The standard InChI is InChI=1S/C15H19N5O3.2ClH/c1-16-13(21)9-7-11-12(18-8-9)20(10-3-5-17-6-4-10)15(23)14(22)19(11)2;;/h7-8,10,17H,3-6H2,1-2H3,(H,16,21);2*1H. The predicted molar refractivity (Wildman–Crippen MR) is 100 cm³/mol. The number of carbonyl (C=O) groups excluding carboxylic acids is 1. The van der Waals surface area contributed by atoms with Crippen molar-refractivity contribution in [2.24, 2.45) is 7.05 Å². The summed E-state index contributed by atoms with van der Waals surface area (Å²) in [6.07, 6.45) is 2.96. The van der Waals surface area contributed by atoms with E-state index in [4.69, 9.17) is 0 Å². The molecule has 25 heavy (non-hydrogen) atoms. The average molecular weight is 390 g/mol. The molecule has 138 valence electrons. The van der Waals surface area contributed by atoms with Gasteiger partial charge >= 0.3 is 11.1 Å². The molecule has 1 aliphatic rings. The summed E-state index contributed by atoms with van der Waals surface area (Å²) in [6, 6.07) is 1.54. The summed E-state index contributed by atoms with van der Waals surface area (Å²) in [4.78, 5) is 40.9.